The van der Waals surface area contributed by atoms with Gasteiger partial charge >= 0.3 is 0 Å². The first-order valence-electron chi connectivity index (χ1n) is 8.29. The molecule has 1 aromatic heterocycles. The van der Waals surface area contributed by atoms with Crippen molar-refractivity contribution >= 4 is 40.4 Å². The van der Waals surface area contributed by atoms with Gasteiger partial charge in [0.15, 0.2) is 0 Å². The Hall–Kier alpha value is -1.85. The van der Waals surface area contributed by atoms with Crippen molar-refractivity contribution in [2.45, 2.75) is 26.2 Å². The Morgan fingerprint density at radius 1 is 1.28 bits per heavy atom. The Balaban J connectivity index is 1.81. The van der Waals surface area contributed by atoms with Crippen LogP contribution < -0.4 is 5.32 Å². The number of aryl methyl sites for hydroxylation is 1. The fraction of sp³-hybridized carbons (Fsp3) is 0.368. The number of anilines is 1. The van der Waals surface area contributed by atoms with Gasteiger partial charge in [-0.3, -0.25) is 9.59 Å². The molecule has 6 heteroatoms. The Morgan fingerprint density at radius 2 is 2.04 bits per heavy atom. The highest BCUT2D eigenvalue weighted by Gasteiger charge is 2.21. The van der Waals surface area contributed by atoms with E-state index in [1.165, 1.54) is 21.8 Å². The van der Waals surface area contributed by atoms with Crippen molar-refractivity contribution in [1.29, 1.82) is 0 Å². The number of hydrogen-bond acceptors (Lipinski definition) is 3. The molecule has 1 N–H and O–H groups in total. The van der Waals surface area contributed by atoms with E-state index in [0.29, 0.717) is 27.1 Å². The first-order chi connectivity index (χ1) is 11.8. The van der Waals surface area contributed by atoms with Gasteiger partial charge in [0, 0.05) is 24.5 Å². The van der Waals surface area contributed by atoms with E-state index in [0.717, 1.165) is 12.8 Å². The molecule has 0 bridgehead atoms. The van der Waals surface area contributed by atoms with Crippen LogP contribution in [0.1, 0.15) is 43.8 Å². The zero-order valence-electron chi connectivity index (χ0n) is 14.6. The van der Waals surface area contributed by atoms with E-state index in [1.54, 1.807) is 43.6 Å². The summed E-state index contributed by atoms with van der Waals surface area (Å²) in [6.45, 7) is 2.24. The van der Waals surface area contributed by atoms with Crippen LogP contribution in [0.15, 0.2) is 24.3 Å². The number of halogens is 1. The molecule has 0 fully saturated rings. The Kier molecular flexibility index (Phi) is 5.16. The second-order valence-electron chi connectivity index (χ2n) is 6.76. The van der Waals surface area contributed by atoms with Gasteiger partial charge in [0.25, 0.3) is 11.8 Å². The maximum atomic E-state index is 12.6. The summed E-state index contributed by atoms with van der Waals surface area (Å²) >= 11 is 7.75. The lowest BCUT2D eigenvalue weighted by Crippen LogP contribution is -2.22. The number of rotatable bonds is 3. The summed E-state index contributed by atoms with van der Waals surface area (Å²) in [4.78, 5) is 28.2. The molecule has 2 amide bonds. The van der Waals surface area contributed by atoms with Crippen LogP contribution in [0.4, 0.5) is 5.69 Å². The molecule has 0 spiro atoms. The van der Waals surface area contributed by atoms with E-state index < -0.39 is 0 Å². The summed E-state index contributed by atoms with van der Waals surface area (Å²) in [5.74, 6) is 0.359. The van der Waals surface area contributed by atoms with Gasteiger partial charge in [-0.1, -0.05) is 18.5 Å². The van der Waals surface area contributed by atoms with Crippen molar-refractivity contribution < 1.29 is 9.59 Å². The van der Waals surface area contributed by atoms with E-state index in [1.807, 2.05) is 6.07 Å². The van der Waals surface area contributed by atoms with Crippen molar-refractivity contribution in [2.24, 2.45) is 5.92 Å². The summed E-state index contributed by atoms with van der Waals surface area (Å²) in [6, 6.07) is 6.91. The zero-order chi connectivity index (χ0) is 18.1. The number of nitrogens with one attached hydrogen (secondary N) is 1. The normalized spacial score (nSPS) is 16.2. The third-order valence-corrected chi connectivity index (χ3v) is 5.99. The van der Waals surface area contributed by atoms with Crippen LogP contribution in [0.3, 0.4) is 0 Å². The summed E-state index contributed by atoms with van der Waals surface area (Å²) in [6.07, 6.45) is 3.25. The molecule has 4 nitrogen and oxygen atoms in total. The standard InChI is InChI=1S/C19H21ClN2O2S/c1-11-4-7-16-13(8-11)10-17(25-16)18(23)21-15-9-12(5-6-14(15)20)19(24)22(2)3/h5-6,9-11H,4,7-8H2,1-3H3,(H,21,23). The predicted octanol–water partition coefficient (Wildman–Crippen LogP) is 4.48. The quantitative estimate of drug-likeness (QED) is 0.858. The molecular formula is C19H21ClN2O2S. The van der Waals surface area contributed by atoms with Crippen molar-refractivity contribution in [2.75, 3.05) is 19.4 Å². The first-order valence-corrected chi connectivity index (χ1v) is 9.48. The highest BCUT2D eigenvalue weighted by Crippen LogP contribution is 2.33. The minimum absolute atomic E-state index is 0.132. The average Bonchev–Trinajstić information content (AvgIpc) is 2.99. The Bertz CT molecular complexity index is 829. The number of carbonyl (C=O) groups is 2. The maximum absolute atomic E-state index is 12.6. The zero-order valence-corrected chi connectivity index (χ0v) is 16.1. The fourth-order valence-electron chi connectivity index (χ4n) is 3.01. The number of benzene rings is 1. The average molecular weight is 377 g/mol. The van der Waals surface area contributed by atoms with Gasteiger partial charge in [0.05, 0.1) is 15.6 Å². The van der Waals surface area contributed by atoms with E-state index in [-0.39, 0.29) is 11.8 Å². The lowest BCUT2D eigenvalue weighted by atomic mass is 9.90. The second kappa shape index (κ2) is 7.18. The van der Waals surface area contributed by atoms with Gasteiger partial charge in [-0.25, -0.2) is 0 Å². The lowest BCUT2D eigenvalue weighted by molar-refractivity contribution is 0.0827. The number of hydrogen-bond donors (Lipinski definition) is 1. The molecule has 0 saturated heterocycles. The van der Waals surface area contributed by atoms with Gasteiger partial charge in [-0.05, 0) is 55.0 Å². The molecule has 1 unspecified atom stereocenters. The third-order valence-electron chi connectivity index (χ3n) is 4.42. The molecular weight excluding hydrogens is 356 g/mol. The summed E-state index contributed by atoms with van der Waals surface area (Å²) in [5, 5.41) is 3.27. The van der Waals surface area contributed by atoms with E-state index in [4.69, 9.17) is 11.6 Å². The monoisotopic (exact) mass is 376 g/mol. The van der Waals surface area contributed by atoms with Gasteiger partial charge in [0.1, 0.15) is 0 Å². The van der Waals surface area contributed by atoms with Crippen LogP contribution in [0.5, 0.6) is 0 Å². The molecule has 0 aliphatic heterocycles. The van der Waals surface area contributed by atoms with Crippen LogP contribution in [0, 0.1) is 5.92 Å². The highest BCUT2D eigenvalue weighted by atomic mass is 35.5. The largest absolute Gasteiger partial charge is 0.345 e. The van der Waals surface area contributed by atoms with Crippen LogP contribution in [0.2, 0.25) is 5.02 Å². The van der Waals surface area contributed by atoms with Gasteiger partial charge < -0.3 is 10.2 Å². The molecule has 3 rings (SSSR count). The summed E-state index contributed by atoms with van der Waals surface area (Å²) < 4.78 is 0. The summed E-state index contributed by atoms with van der Waals surface area (Å²) in [5.41, 5.74) is 2.24. The molecule has 0 saturated carbocycles. The highest BCUT2D eigenvalue weighted by molar-refractivity contribution is 7.14. The minimum atomic E-state index is -0.177. The molecule has 1 atom stereocenters. The number of fused-ring (bicyclic) bond motifs is 1. The van der Waals surface area contributed by atoms with Crippen molar-refractivity contribution in [3.05, 3.63) is 50.2 Å². The Morgan fingerprint density at radius 3 is 2.76 bits per heavy atom. The van der Waals surface area contributed by atoms with Gasteiger partial charge in [-0.2, -0.15) is 0 Å². The fourth-order valence-corrected chi connectivity index (χ4v) is 4.28. The molecule has 2 aromatic rings. The molecule has 1 aromatic carbocycles. The van der Waals surface area contributed by atoms with Crippen LogP contribution in [-0.2, 0) is 12.8 Å². The molecule has 1 aliphatic rings. The molecule has 0 radical (unpaired) electrons. The van der Waals surface area contributed by atoms with Crippen LogP contribution in [0.25, 0.3) is 0 Å². The molecule has 1 heterocycles. The van der Waals surface area contributed by atoms with Crippen molar-refractivity contribution in [1.82, 2.24) is 4.90 Å². The molecule has 132 valence electrons. The number of amides is 2. The molecule has 1 aliphatic carbocycles. The van der Waals surface area contributed by atoms with Gasteiger partial charge in [0.2, 0.25) is 0 Å². The number of thiophene rings is 1. The van der Waals surface area contributed by atoms with Crippen LogP contribution >= 0.6 is 22.9 Å². The van der Waals surface area contributed by atoms with Crippen LogP contribution in [-0.4, -0.2) is 30.8 Å². The Labute approximate surface area is 156 Å². The minimum Gasteiger partial charge on any atom is -0.345 e. The van der Waals surface area contributed by atoms with Crippen molar-refractivity contribution in [3.63, 3.8) is 0 Å². The summed E-state index contributed by atoms with van der Waals surface area (Å²) in [7, 11) is 3.37. The smallest absolute Gasteiger partial charge is 0.265 e. The van der Waals surface area contributed by atoms with E-state index >= 15 is 0 Å². The van der Waals surface area contributed by atoms with E-state index in [2.05, 4.69) is 12.2 Å². The first kappa shape index (κ1) is 18.0. The second-order valence-corrected chi connectivity index (χ2v) is 8.30. The topological polar surface area (TPSA) is 49.4 Å². The lowest BCUT2D eigenvalue weighted by Gasteiger charge is -2.16. The predicted molar refractivity (Wildman–Crippen MR) is 103 cm³/mol. The molecule has 25 heavy (non-hydrogen) atoms. The number of carbonyl (C=O) groups excluding carboxylic acids is 2. The van der Waals surface area contributed by atoms with Crippen molar-refractivity contribution in [3.8, 4) is 0 Å². The maximum Gasteiger partial charge on any atom is 0.265 e. The third kappa shape index (κ3) is 3.88. The SMILES string of the molecule is CC1CCc2sc(C(=O)Nc3cc(C(=O)N(C)C)ccc3Cl)cc2C1. The number of nitrogens with zero attached hydrogens (tertiary/aromatic N) is 1. The van der Waals surface area contributed by atoms with Gasteiger partial charge in [-0.15, -0.1) is 11.3 Å². The van der Waals surface area contributed by atoms with E-state index in [9.17, 15) is 9.59 Å².